The highest BCUT2D eigenvalue weighted by atomic mass is 32.2. The zero-order valence-electron chi connectivity index (χ0n) is 17.2. The average Bonchev–Trinajstić information content (AvgIpc) is 3.11. The number of Topliss-reactive ketones (excluding diaryl/α,β-unsaturated/α-hetero) is 1. The van der Waals surface area contributed by atoms with E-state index >= 15 is 0 Å². The average molecular weight is 429 g/mol. The van der Waals surface area contributed by atoms with Crippen LogP contribution in [0.4, 0.5) is 5.69 Å². The Morgan fingerprint density at radius 3 is 2.60 bits per heavy atom. The van der Waals surface area contributed by atoms with E-state index in [1.54, 1.807) is 24.3 Å². The van der Waals surface area contributed by atoms with Crippen molar-refractivity contribution in [3.05, 3.63) is 47.2 Å². The summed E-state index contributed by atoms with van der Waals surface area (Å²) in [6.07, 6.45) is 2.64. The number of hydrogen-bond acceptors (Lipinski definition) is 5. The van der Waals surface area contributed by atoms with Crippen molar-refractivity contribution >= 4 is 32.4 Å². The number of aromatic amines is 1. The summed E-state index contributed by atoms with van der Waals surface area (Å²) in [6, 6.07) is 8.33. The Morgan fingerprint density at radius 1 is 1.10 bits per heavy atom. The van der Waals surface area contributed by atoms with E-state index in [9.17, 15) is 13.2 Å². The van der Waals surface area contributed by atoms with Gasteiger partial charge in [0, 0.05) is 34.6 Å². The molecule has 0 radical (unpaired) electrons. The number of carbonyl (C=O) groups is 1. The van der Waals surface area contributed by atoms with Crippen molar-refractivity contribution in [3.8, 4) is 11.5 Å². The number of H-pyrrole nitrogens is 1. The Bertz CT molecular complexity index is 1240. The Balaban J connectivity index is 1.81. The van der Waals surface area contributed by atoms with Crippen molar-refractivity contribution in [2.24, 2.45) is 0 Å². The molecule has 8 heteroatoms. The summed E-state index contributed by atoms with van der Waals surface area (Å²) in [5.41, 5.74) is 3.24. The number of aromatic nitrogens is 1. The van der Waals surface area contributed by atoms with Gasteiger partial charge in [0.05, 0.1) is 24.8 Å². The molecule has 0 bridgehead atoms. The predicted molar refractivity (Wildman–Crippen MR) is 115 cm³/mol. The molecule has 0 amide bonds. The lowest BCUT2D eigenvalue weighted by Gasteiger charge is -2.15. The van der Waals surface area contributed by atoms with Crippen molar-refractivity contribution in [2.45, 2.75) is 37.5 Å². The molecule has 2 N–H and O–H groups in total. The molecule has 1 aliphatic rings. The monoisotopic (exact) mass is 428 g/mol. The number of nitrogens with one attached hydrogen (secondary N) is 2. The molecule has 0 aliphatic heterocycles. The molecule has 0 atom stereocenters. The second kappa shape index (κ2) is 7.68. The van der Waals surface area contributed by atoms with Crippen molar-refractivity contribution in [2.75, 3.05) is 18.9 Å². The van der Waals surface area contributed by atoms with Gasteiger partial charge in [0.1, 0.15) is 11.5 Å². The number of hydrogen-bond donors (Lipinski definition) is 2. The number of methoxy groups -OCH3 is 2. The molecular weight excluding hydrogens is 404 g/mol. The smallest absolute Gasteiger partial charge is 0.262 e. The largest absolute Gasteiger partial charge is 0.497 e. The molecule has 0 saturated heterocycles. The molecule has 0 unspecified atom stereocenters. The third-order valence-electron chi connectivity index (χ3n) is 5.49. The maximum atomic E-state index is 13.3. The first-order valence-corrected chi connectivity index (χ1v) is 11.3. The minimum Gasteiger partial charge on any atom is -0.497 e. The lowest BCUT2D eigenvalue weighted by Crippen LogP contribution is -2.15. The van der Waals surface area contributed by atoms with Crippen molar-refractivity contribution in [1.29, 1.82) is 0 Å². The molecule has 1 aliphatic carbocycles. The molecular formula is C22H24N2O5S. The lowest BCUT2D eigenvalue weighted by molar-refractivity contribution is 0.0974. The lowest BCUT2D eigenvalue weighted by atomic mass is 9.94. The molecule has 3 aromatic rings. The summed E-state index contributed by atoms with van der Waals surface area (Å²) < 4.78 is 39.7. The Morgan fingerprint density at radius 2 is 1.90 bits per heavy atom. The van der Waals surface area contributed by atoms with Crippen LogP contribution in [0.15, 0.2) is 35.2 Å². The molecule has 2 aromatic carbocycles. The van der Waals surface area contributed by atoms with E-state index in [2.05, 4.69) is 9.71 Å². The van der Waals surface area contributed by atoms with Gasteiger partial charge < -0.3 is 14.5 Å². The van der Waals surface area contributed by atoms with Crippen molar-refractivity contribution < 1.29 is 22.7 Å². The molecule has 7 nitrogen and oxygen atoms in total. The topological polar surface area (TPSA) is 97.5 Å². The van der Waals surface area contributed by atoms with Crippen LogP contribution in [0, 0.1) is 0 Å². The van der Waals surface area contributed by atoms with E-state index in [1.807, 2.05) is 13.0 Å². The first-order chi connectivity index (χ1) is 14.4. The van der Waals surface area contributed by atoms with E-state index < -0.39 is 10.0 Å². The van der Waals surface area contributed by atoms with Gasteiger partial charge in [-0.25, -0.2) is 8.42 Å². The molecule has 4 rings (SSSR count). The zero-order valence-corrected chi connectivity index (χ0v) is 18.0. The third kappa shape index (κ3) is 3.41. The number of ether oxygens (including phenoxy) is 2. The second-order valence-electron chi connectivity index (χ2n) is 7.29. The van der Waals surface area contributed by atoms with Gasteiger partial charge in [-0.05, 0) is 49.1 Å². The van der Waals surface area contributed by atoms with Crippen LogP contribution in [0.5, 0.6) is 11.5 Å². The standard InChI is InChI=1S/C22H24N2O5S/c1-4-13-10-15-18(23-17-6-5-7-19(25)22(15)17)12-21(13)30(26,27)24-16-9-8-14(28-2)11-20(16)29-3/h8-12,23-24H,4-7H2,1-3H3. The van der Waals surface area contributed by atoms with Crippen molar-refractivity contribution in [3.63, 3.8) is 0 Å². The summed E-state index contributed by atoms with van der Waals surface area (Å²) in [6.45, 7) is 1.90. The van der Waals surface area contributed by atoms with Crippen LogP contribution in [-0.4, -0.2) is 33.4 Å². The number of rotatable bonds is 6. The number of aryl methyl sites for hydroxylation is 2. The fraction of sp³-hybridized carbons (Fsp3) is 0.318. The summed E-state index contributed by atoms with van der Waals surface area (Å²) in [5.74, 6) is 1.03. The number of carbonyl (C=O) groups excluding carboxylic acids is 1. The molecule has 0 saturated carbocycles. The Hall–Kier alpha value is -3.00. The third-order valence-corrected chi connectivity index (χ3v) is 6.94. The van der Waals surface area contributed by atoms with E-state index in [1.165, 1.54) is 14.2 Å². The summed E-state index contributed by atoms with van der Waals surface area (Å²) in [5, 5.41) is 0.799. The second-order valence-corrected chi connectivity index (χ2v) is 8.94. The summed E-state index contributed by atoms with van der Waals surface area (Å²) in [4.78, 5) is 15.9. The minimum absolute atomic E-state index is 0.112. The van der Waals surface area contributed by atoms with Crippen LogP contribution in [-0.2, 0) is 22.9 Å². The van der Waals surface area contributed by atoms with E-state index in [-0.39, 0.29) is 10.7 Å². The van der Waals surface area contributed by atoms with Crippen LogP contribution in [0.3, 0.4) is 0 Å². The highest BCUT2D eigenvalue weighted by molar-refractivity contribution is 7.92. The number of anilines is 1. The molecule has 1 aromatic heterocycles. The first kappa shape index (κ1) is 20.3. The number of ketones is 1. The maximum Gasteiger partial charge on any atom is 0.262 e. The van der Waals surface area contributed by atoms with Gasteiger partial charge >= 0.3 is 0 Å². The molecule has 0 fully saturated rings. The molecule has 158 valence electrons. The van der Waals surface area contributed by atoms with Gasteiger partial charge in [-0.2, -0.15) is 0 Å². The first-order valence-electron chi connectivity index (χ1n) is 9.83. The quantitative estimate of drug-likeness (QED) is 0.617. The van der Waals surface area contributed by atoms with Gasteiger partial charge in [-0.3, -0.25) is 9.52 Å². The van der Waals surface area contributed by atoms with Crippen LogP contribution >= 0.6 is 0 Å². The van der Waals surface area contributed by atoms with E-state index in [0.717, 1.165) is 23.9 Å². The van der Waals surface area contributed by atoms with Gasteiger partial charge in [0.2, 0.25) is 0 Å². The number of benzene rings is 2. The van der Waals surface area contributed by atoms with Crippen molar-refractivity contribution in [1.82, 2.24) is 4.98 Å². The van der Waals surface area contributed by atoms with Gasteiger partial charge in [-0.1, -0.05) is 6.92 Å². The van der Waals surface area contributed by atoms with Crippen LogP contribution in [0.25, 0.3) is 10.9 Å². The normalized spacial score (nSPS) is 13.9. The number of sulfonamides is 1. The van der Waals surface area contributed by atoms with E-state index in [0.29, 0.717) is 46.7 Å². The van der Waals surface area contributed by atoms with E-state index in [4.69, 9.17) is 9.47 Å². The predicted octanol–water partition coefficient (Wildman–Crippen LogP) is 4.07. The fourth-order valence-corrected chi connectivity index (χ4v) is 5.38. The maximum absolute atomic E-state index is 13.3. The summed E-state index contributed by atoms with van der Waals surface area (Å²) in [7, 11) is -0.892. The number of fused-ring (bicyclic) bond motifs is 3. The molecule has 1 heterocycles. The highest BCUT2D eigenvalue weighted by Gasteiger charge is 2.26. The van der Waals surface area contributed by atoms with Crippen LogP contribution < -0.4 is 14.2 Å². The SMILES string of the molecule is CCc1cc2c3c([nH]c2cc1S(=O)(=O)Nc1ccc(OC)cc1OC)CCCC3=O. The zero-order chi connectivity index (χ0) is 21.5. The minimum atomic E-state index is -3.89. The Kier molecular flexibility index (Phi) is 5.19. The van der Waals surface area contributed by atoms with Crippen LogP contribution in [0.2, 0.25) is 0 Å². The Labute approximate surface area is 175 Å². The van der Waals surface area contributed by atoms with Gasteiger partial charge in [0.25, 0.3) is 10.0 Å². The van der Waals surface area contributed by atoms with Gasteiger partial charge in [0.15, 0.2) is 5.78 Å². The molecule has 30 heavy (non-hydrogen) atoms. The highest BCUT2D eigenvalue weighted by Crippen LogP contribution is 2.35. The van der Waals surface area contributed by atoms with Gasteiger partial charge in [-0.15, -0.1) is 0 Å². The molecule has 0 spiro atoms. The van der Waals surface area contributed by atoms with Crippen LogP contribution in [0.1, 0.15) is 41.4 Å². The fourth-order valence-electron chi connectivity index (χ4n) is 3.99. The summed E-state index contributed by atoms with van der Waals surface area (Å²) >= 11 is 0.